The molecule has 1 aliphatic carbocycles. The van der Waals surface area contributed by atoms with Crippen molar-refractivity contribution in [3.63, 3.8) is 0 Å². The van der Waals surface area contributed by atoms with Crippen molar-refractivity contribution in [2.75, 3.05) is 0 Å². The fourth-order valence-corrected chi connectivity index (χ4v) is 2.33. The van der Waals surface area contributed by atoms with Crippen molar-refractivity contribution in [2.45, 2.75) is 39.2 Å². The van der Waals surface area contributed by atoms with Gasteiger partial charge in [0, 0.05) is 18.4 Å². The van der Waals surface area contributed by atoms with E-state index in [1.165, 1.54) is 0 Å². The van der Waals surface area contributed by atoms with Crippen LogP contribution in [0.4, 0.5) is 0 Å². The van der Waals surface area contributed by atoms with Gasteiger partial charge < -0.3 is 9.26 Å². The summed E-state index contributed by atoms with van der Waals surface area (Å²) in [4.78, 5) is 16.0. The molecule has 1 aliphatic rings. The molecule has 0 saturated heterocycles. The molecule has 0 fully saturated rings. The molecule has 1 aromatic carbocycles. The number of carbonyl (C=O) groups excluding carboxylic acids is 1. The Morgan fingerprint density at radius 2 is 2.25 bits per heavy atom. The Labute approximate surface area is 116 Å². The van der Waals surface area contributed by atoms with E-state index in [-0.39, 0.29) is 12.4 Å². The van der Waals surface area contributed by atoms with Crippen molar-refractivity contribution < 1.29 is 14.1 Å². The van der Waals surface area contributed by atoms with Gasteiger partial charge in [0.1, 0.15) is 5.75 Å². The predicted molar refractivity (Wildman–Crippen MR) is 71.7 cm³/mol. The number of rotatable bonds is 4. The highest BCUT2D eigenvalue weighted by Gasteiger charge is 2.17. The second-order valence-corrected chi connectivity index (χ2v) is 4.84. The molecule has 2 aromatic rings. The molecule has 5 nitrogen and oxygen atoms in total. The van der Waals surface area contributed by atoms with Crippen molar-refractivity contribution in [1.82, 2.24) is 10.1 Å². The molecule has 0 saturated carbocycles. The van der Waals surface area contributed by atoms with Crippen LogP contribution in [0.25, 0.3) is 0 Å². The lowest BCUT2D eigenvalue weighted by Crippen LogP contribution is -2.10. The van der Waals surface area contributed by atoms with E-state index in [1.807, 2.05) is 25.1 Å². The monoisotopic (exact) mass is 272 g/mol. The molecule has 0 N–H and O–H groups in total. The minimum Gasteiger partial charge on any atom is -0.484 e. The fraction of sp³-hybridized carbons (Fsp3) is 0.400. The van der Waals surface area contributed by atoms with E-state index in [0.717, 1.165) is 30.4 Å². The van der Waals surface area contributed by atoms with Crippen molar-refractivity contribution in [3.8, 4) is 5.75 Å². The van der Waals surface area contributed by atoms with Crippen LogP contribution in [0.2, 0.25) is 0 Å². The smallest absolute Gasteiger partial charge is 0.264 e. The minimum absolute atomic E-state index is 0.197. The van der Waals surface area contributed by atoms with E-state index in [9.17, 15) is 4.79 Å². The topological polar surface area (TPSA) is 65.2 Å². The lowest BCUT2D eigenvalue weighted by Gasteiger charge is -2.15. The number of aryl methyl sites for hydroxylation is 2. The second kappa shape index (κ2) is 5.45. The van der Waals surface area contributed by atoms with Crippen LogP contribution in [-0.2, 0) is 19.4 Å². The Morgan fingerprint density at radius 1 is 1.35 bits per heavy atom. The Kier molecular flexibility index (Phi) is 3.50. The van der Waals surface area contributed by atoms with Gasteiger partial charge in [-0.1, -0.05) is 18.1 Å². The molecule has 20 heavy (non-hydrogen) atoms. The van der Waals surface area contributed by atoms with E-state index in [1.54, 1.807) is 0 Å². The number of aromatic nitrogens is 2. The average Bonchev–Trinajstić information content (AvgIpc) is 2.94. The number of carbonyl (C=O) groups is 1. The summed E-state index contributed by atoms with van der Waals surface area (Å²) in [5.74, 6) is 1.98. The number of nitrogens with zero attached hydrogens (tertiary/aromatic N) is 2. The maximum atomic E-state index is 11.9. The zero-order valence-corrected chi connectivity index (χ0v) is 11.4. The third kappa shape index (κ3) is 2.57. The van der Waals surface area contributed by atoms with Crippen molar-refractivity contribution >= 4 is 5.78 Å². The molecule has 5 heteroatoms. The quantitative estimate of drug-likeness (QED) is 0.856. The molecule has 0 atom stereocenters. The number of hydrogen-bond donors (Lipinski definition) is 0. The molecule has 0 unspecified atom stereocenters. The number of ketones is 1. The first-order chi connectivity index (χ1) is 9.76. The van der Waals surface area contributed by atoms with E-state index >= 15 is 0 Å². The zero-order chi connectivity index (χ0) is 13.9. The van der Waals surface area contributed by atoms with Gasteiger partial charge in [0.2, 0.25) is 0 Å². The van der Waals surface area contributed by atoms with Crippen LogP contribution in [0.1, 0.15) is 47.4 Å². The van der Waals surface area contributed by atoms with Crippen LogP contribution < -0.4 is 4.74 Å². The van der Waals surface area contributed by atoms with Gasteiger partial charge >= 0.3 is 0 Å². The third-order valence-corrected chi connectivity index (χ3v) is 3.42. The molecule has 104 valence electrons. The van der Waals surface area contributed by atoms with Gasteiger partial charge in [-0.25, -0.2) is 0 Å². The van der Waals surface area contributed by atoms with Crippen molar-refractivity contribution in [2.24, 2.45) is 0 Å². The summed E-state index contributed by atoms with van der Waals surface area (Å²) >= 11 is 0. The van der Waals surface area contributed by atoms with Gasteiger partial charge in [-0.2, -0.15) is 4.98 Å². The molecule has 0 aliphatic heterocycles. The number of ether oxygens (including phenoxy) is 1. The number of Topliss-reactive ketones (excluding diaryl/α,β-unsaturated/α-hetero) is 1. The summed E-state index contributed by atoms with van der Waals surface area (Å²) in [7, 11) is 0. The maximum absolute atomic E-state index is 11.9. The Morgan fingerprint density at radius 3 is 3.05 bits per heavy atom. The van der Waals surface area contributed by atoms with Gasteiger partial charge in [0.05, 0.1) is 0 Å². The zero-order valence-electron chi connectivity index (χ0n) is 11.4. The fourth-order valence-electron chi connectivity index (χ4n) is 2.33. The first-order valence-electron chi connectivity index (χ1n) is 6.86. The second-order valence-electron chi connectivity index (χ2n) is 4.84. The SMILES string of the molecule is CCc1noc(COc2ccc3c(c2)C(=O)CCC3)n1. The molecule has 0 radical (unpaired) electrons. The summed E-state index contributed by atoms with van der Waals surface area (Å²) in [5, 5.41) is 3.81. The summed E-state index contributed by atoms with van der Waals surface area (Å²) < 4.78 is 10.7. The largest absolute Gasteiger partial charge is 0.484 e. The first-order valence-corrected chi connectivity index (χ1v) is 6.86. The van der Waals surface area contributed by atoms with Crippen LogP contribution in [0.3, 0.4) is 0 Å². The van der Waals surface area contributed by atoms with Gasteiger partial charge in [0.15, 0.2) is 18.2 Å². The Balaban J connectivity index is 1.71. The summed E-state index contributed by atoms with van der Waals surface area (Å²) in [5.41, 5.74) is 1.90. The normalized spacial score (nSPS) is 14.2. The predicted octanol–water partition coefficient (Wildman–Crippen LogP) is 2.73. The highest BCUT2D eigenvalue weighted by atomic mass is 16.5. The standard InChI is InChI=1S/C15H16N2O3/c1-2-14-16-15(20-17-14)9-19-11-7-6-10-4-3-5-13(18)12(10)8-11/h6-8H,2-5,9H2,1H3. The van der Waals surface area contributed by atoms with Crippen LogP contribution >= 0.6 is 0 Å². The van der Waals surface area contributed by atoms with Gasteiger partial charge in [-0.3, -0.25) is 4.79 Å². The molecular formula is C15H16N2O3. The van der Waals surface area contributed by atoms with Crippen LogP contribution in [0.15, 0.2) is 22.7 Å². The molecule has 1 aromatic heterocycles. The van der Waals surface area contributed by atoms with E-state index < -0.39 is 0 Å². The number of hydrogen-bond acceptors (Lipinski definition) is 5. The van der Waals surface area contributed by atoms with Gasteiger partial charge in [0.25, 0.3) is 5.89 Å². The summed E-state index contributed by atoms with van der Waals surface area (Å²) in [6.07, 6.45) is 3.26. The van der Waals surface area contributed by atoms with Crippen molar-refractivity contribution in [1.29, 1.82) is 0 Å². The highest BCUT2D eigenvalue weighted by molar-refractivity contribution is 5.98. The molecule has 1 heterocycles. The molecule has 0 bridgehead atoms. The average molecular weight is 272 g/mol. The minimum atomic E-state index is 0.197. The van der Waals surface area contributed by atoms with Crippen LogP contribution in [0.5, 0.6) is 5.75 Å². The number of benzene rings is 1. The van der Waals surface area contributed by atoms with Gasteiger partial charge in [-0.15, -0.1) is 0 Å². The number of fused-ring (bicyclic) bond motifs is 1. The molecule has 3 rings (SSSR count). The lowest BCUT2D eigenvalue weighted by atomic mass is 9.90. The third-order valence-electron chi connectivity index (χ3n) is 3.42. The molecular weight excluding hydrogens is 256 g/mol. The highest BCUT2D eigenvalue weighted by Crippen LogP contribution is 2.25. The van der Waals surface area contributed by atoms with E-state index in [0.29, 0.717) is 23.9 Å². The first kappa shape index (κ1) is 12.8. The molecule has 0 spiro atoms. The van der Waals surface area contributed by atoms with E-state index in [2.05, 4.69) is 10.1 Å². The van der Waals surface area contributed by atoms with E-state index in [4.69, 9.17) is 9.26 Å². The Hall–Kier alpha value is -2.17. The summed E-state index contributed by atoms with van der Waals surface area (Å²) in [6.45, 7) is 2.19. The van der Waals surface area contributed by atoms with Crippen LogP contribution in [0, 0.1) is 0 Å². The lowest BCUT2D eigenvalue weighted by molar-refractivity contribution is 0.0972. The maximum Gasteiger partial charge on any atom is 0.264 e. The van der Waals surface area contributed by atoms with Gasteiger partial charge in [-0.05, 0) is 30.5 Å². The molecule has 0 amide bonds. The van der Waals surface area contributed by atoms with Crippen molar-refractivity contribution in [3.05, 3.63) is 41.0 Å². The van der Waals surface area contributed by atoms with Crippen LogP contribution in [-0.4, -0.2) is 15.9 Å². The summed E-state index contributed by atoms with van der Waals surface area (Å²) in [6, 6.07) is 5.66. The Bertz CT molecular complexity index is 634.